The Morgan fingerprint density at radius 1 is 1.20 bits per heavy atom. The van der Waals surface area contributed by atoms with Crippen LogP contribution in [0.25, 0.3) is 0 Å². The molecule has 0 radical (unpaired) electrons. The molecule has 5 nitrogen and oxygen atoms in total. The van der Waals surface area contributed by atoms with Crippen molar-refractivity contribution in [2.45, 2.75) is 63.4 Å². The first-order chi connectivity index (χ1) is 13.8. The lowest BCUT2D eigenvalue weighted by Gasteiger charge is -2.50. The van der Waals surface area contributed by atoms with Crippen molar-refractivity contribution < 1.29 is 17.6 Å². The number of carbonyl (C=O) groups excluding carboxylic acids is 1. The van der Waals surface area contributed by atoms with Gasteiger partial charge in [-0.1, -0.05) is 32.9 Å². The SMILES string of the molecule is Cc1ccc([C@@]2(C)C3=C(CC(C)(C)CC3=O)NC3=NCC(F)CC32)cc1S(C)(=O)=O. The van der Waals surface area contributed by atoms with E-state index in [2.05, 4.69) is 24.2 Å². The minimum atomic E-state index is -3.44. The lowest BCUT2D eigenvalue weighted by molar-refractivity contribution is -0.119. The molecule has 2 heterocycles. The van der Waals surface area contributed by atoms with Gasteiger partial charge in [0.25, 0.3) is 0 Å². The van der Waals surface area contributed by atoms with Gasteiger partial charge < -0.3 is 5.32 Å². The average Bonchev–Trinajstić information content (AvgIpc) is 2.60. The largest absolute Gasteiger partial charge is 0.347 e. The molecule has 1 aliphatic carbocycles. The van der Waals surface area contributed by atoms with Crippen LogP contribution in [-0.2, 0) is 20.0 Å². The number of Topliss-reactive ketones (excluding diaryl/α,β-unsaturated/α-hetero) is 1. The van der Waals surface area contributed by atoms with Gasteiger partial charge in [0.2, 0.25) is 0 Å². The zero-order valence-electron chi connectivity index (χ0n) is 18.2. The van der Waals surface area contributed by atoms with E-state index in [1.165, 1.54) is 6.26 Å². The van der Waals surface area contributed by atoms with Crippen molar-refractivity contribution in [2.24, 2.45) is 16.3 Å². The standard InChI is InChI=1S/C23H29FN2O3S/c1-13-6-7-14(8-19(13)30(5,28)29)23(4)16-9-15(24)12-25-21(16)26-17-10-22(2,3)11-18(27)20(17)23/h6-8,15-16H,9-12H2,1-5H3,(H,25,26)/t15?,16?,23-/m1/s1. The highest BCUT2D eigenvalue weighted by Crippen LogP contribution is 2.52. The number of amidine groups is 1. The van der Waals surface area contributed by atoms with Crippen LogP contribution in [0.1, 0.15) is 51.2 Å². The van der Waals surface area contributed by atoms with Crippen LogP contribution in [0, 0.1) is 18.3 Å². The van der Waals surface area contributed by atoms with E-state index in [-0.39, 0.29) is 35.0 Å². The van der Waals surface area contributed by atoms with Crippen LogP contribution in [0.3, 0.4) is 0 Å². The second-order valence-corrected chi connectivity index (χ2v) is 12.0. The molecule has 0 bridgehead atoms. The molecule has 30 heavy (non-hydrogen) atoms. The number of nitrogens with one attached hydrogen (secondary N) is 1. The second kappa shape index (κ2) is 6.74. The average molecular weight is 433 g/mol. The Balaban J connectivity index is 1.99. The highest BCUT2D eigenvalue weighted by Gasteiger charge is 2.53. The zero-order chi connectivity index (χ0) is 22.1. The fourth-order valence-corrected chi connectivity index (χ4v) is 6.41. The molecule has 7 heteroatoms. The Bertz CT molecular complexity index is 1100. The third kappa shape index (κ3) is 3.31. The fourth-order valence-electron chi connectivity index (χ4n) is 5.41. The number of nitrogens with zero attached hydrogens (tertiary/aromatic N) is 1. The van der Waals surface area contributed by atoms with Crippen molar-refractivity contribution in [2.75, 3.05) is 12.8 Å². The lowest BCUT2D eigenvalue weighted by Crippen LogP contribution is -2.56. The summed E-state index contributed by atoms with van der Waals surface area (Å²) in [6, 6.07) is 5.34. The van der Waals surface area contributed by atoms with E-state index in [1.54, 1.807) is 19.1 Å². The molecule has 1 N–H and O–H groups in total. The Kier molecular flexibility index (Phi) is 4.77. The molecule has 2 unspecified atom stereocenters. The van der Waals surface area contributed by atoms with Crippen molar-refractivity contribution in [3.05, 3.63) is 40.6 Å². The van der Waals surface area contributed by atoms with E-state index in [4.69, 9.17) is 0 Å². The van der Waals surface area contributed by atoms with Gasteiger partial charge in [-0.05, 0) is 42.4 Å². The third-order valence-electron chi connectivity index (χ3n) is 6.84. The quantitative estimate of drug-likeness (QED) is 0.774. The zero-order valence-corrected chi connectivity index (χ0v) is 19.0. The number of fused-ring (bicyclic) bond motifs is 1. The van der Waals surface area contributed by atoms with Crippen molar-refractivity contribution in [1.29, 1.82) is 0 Å². The minimum absolute atomic E-state index is 0.0396. The Morgan fingerprint density at radius 3 is 2.57 bits per heavy atom. The fraction of sp³-hybridized carbons (Fsp3) is 0.565. The van der Waals surface area contributed by atoms with Crippen LogP contribution >= 0.6 is 0 Å². The molecule has 0 saturated heterocycles. The number of allylic oxidation sites excluding steroid dienone is 2. The summed E-state index contributed by atoms with van der Waals surface area (Å²) in [5.41, 5.74) is 1.85. The number of carbonyl (C=O) groups is 1. The molecule has 2 aliphatic heterocycles. The van der Waals surface area contributed by atoms with E-state index in [0.29, 0.717) is 29.8 Å². The number of halogens is 1. The summed E-state index contributed by atoms with van der Waals surface area (Å²) in [5, 5.41) is 3.37. The van der Waals surface area contributed by atoms with Crippen molar-refractivity contribution in [3.63, 3.8) is 0 Å². The number of sulfone groups is 1. The van der Waals surface area contributed by atoms with Gasteiger partial charge in [-0.3, -0.25) is 9.79 Å². The molecule has 3 aliphatic rings. The third-order valence-corrected chi connectivity index (χ3v) is 8.08. The Hall–Kier alpha value is -2.02. The number of hydrogen-bond donors (Lipinski definition) is 1. The lowest BCUT2D eigenvalue weighted by atomic mass is 9.57. The summed E-state index contributed by atoms with van der Waals surface area (Å²) in [7, 11) is -3.44. The number of alkyl halides is 1. The Labute approximate surface area is 177 Å². The highest BCUT2D eigenvalue weighted by atomic mass is 32.2. The van der Waals surface area contributed by atoms with Gasteiger partial charge in [0.05, 0.1) is 11.4 Å². The van der Waals surface area contributed by atoms with E-state index >= 15 is 0 Å². The molecule has 1 aromatic carbocycles. The molecule has 0 saturated carbocycles. The maximum Gasteiger partial charge on any atom is 0.175 e. The minimum Gasteiger partial charge on any atom is -0.347 e. The maximum absolute atomic E-state index is 14.5. The topological polar surface area (TPSA) is 75.6 Å². The van der Waals surface area contributed by atoms with Crippen molar-refractivity contribution in [3.8, 4) is 0 Å². The summed E-state index contributed by atoms with van der Waals surface area (Å²) < 4.78 is 39.2. The van der Waals surface area contributed by atoms with Gasteiger partial charge in [0, 0.05) is 35.3 Å². The second-order valence-electron chi connectivity index (χ2n) is 9.99. The number of rotatable bonds is 2. The first kappa shape index (κ1) is 21.2. The number of ketones is 1. The molecule has 0 spiro atoms. The van der Waals surface area contributed by atoms with Gasteiger partial charge in [-0.25, -0.2) is 12.8 Å². The van der Waals surface area contributed by atoms with Crippen molar-refractivity contribution in [1.82, 2.24) is 5.32 Å². The van der Waals surface area contributed by atoms with Crippen LogP contribution < -0.4 is 5.32 Å². The van der Waals surface area contributed by atoms with Gasteiger partial charge in [-0.2, -0.15) is 0 Å². The smallest absolute Gasteiger partial charge is 0.175 e. The molecule has 0 fully saturated rings. The molecule has 4 rings (SSSR count). The predicted octanol–water partition coefficient (Wildman–Crippen LogP) is 3.66. The number of hydrogen-bond acceptors (Lipinski definition) is 5. The van der Waals surface area contributed by atoms with Crippen LogP contribution in [0.5, 0.6) is 0 Å². The number of aliphatic imine (C=N–C) groups is 1. The Morgan fingerprint density at radius 2 is 1.90 bits per heavy atom. The van der Waals surface area contributed by atoms with Crippen LogP contribution in [-0.4, -0.2) is 39.0 Å². The summed E-state index contributed by atoms with van der Waals surface area (Å²) in [4.78, 5) is 18.1. The molecule has 1 aromatic rings. The van der Waals surface area contributed by atoms with E-state index in [0.717, 1.165) is 11.3 Å². The van der Waals surface area contributed by atoms with Crippen LogP contribution in [0.4, 0.5) is 4.39 Å². The predicted molar refractivity (Wildman–Crippen MR) is 115 cm³/mol. The molecular formula is C23H29FN2O3S. The molecular weight excluding hydrogens is 403 g/mol. The van der Waals surface area contributed by atoms with E-state index < -0.39 is 21.4 Å². The first-order valence-electron chi connectivity index (χ1n) is 10.4. The summed E-state index contributed by atoms with van der Waals surface area (Å²) in [6.07, 6.45) is 1.45. The van der Waals surface area contributed by atoms with Gasteiger partial charge in [0.15, 0.2) is 15.6 Å². The van der Waals surface area contributed by atoms with Gasteiger partial charge in [-0.15, -0.1) is 0 Å². The van der Waals surface area contributed by atoms with E-state index in [1.807, 2.05) is 13.0 Å². The molecule has 0 amide bonds. The van der Waals surface area contributed by atoms with Gasteiger partial charge in [0.1, 0.15) is 12.0 Å². The van der Waals surface area contributed by atoms with E-state index in [9.17, 15) is 17.6 Å². The maximum atomic E-state index is 14.5. The monoisotopic (exact) mass is 432 g/mol. The van der Waals surface area contributed by atoms with Crippen LogP contribution in [0.2, 0.25) is 0 Å². The van der Waals surface area contributed by atoms with Crippen molar-refractivity contribution >= 4 is 21.5 Å². The molecule has 3 atom stereocenters. The highest BCUT2D eigenvalue weighted by molar-refractivity contribution is 7.90. The summed E-state index contributed by atoms with van der Waals surface area (Å²) >= 11 is 0. The molecule has 0 aromatic heterocycles. The normalized spacial score (nSPS) is 30.9. The van der Waals surface area contributed by atoms with Gasteiger partial charge >= 0.3 is 0 Å². The summed E-state index contributed by atoms with van der Waals surface area (Å²) in [6.45, 7) is 7.95. The summed E-state index contributed by atoms with van der Waals surface area (Å²) in [5.74, 6) is 0.398. The van der Waals surface area contributed by atoms with Crippen LogP contribution in [0.15, 0.2) is 39.4 Å². The number of aryl methyl sites for hydroxylation is 1. The first-order valence-corrected chi connectivity index (χ1v) is 12.3. The molecule has 162 valence electrons. The number of benzene rings is 1.